The highest BCUT2D eigenvalue weighted by Gasteiger charge is 2.30. The number of hydrogen-bond donors (Lipinski definition) is 2. The predicted molar refractivity (Wildman–Crippen MR) is 71.7 cm³/mol. The molecule has 0 fully saturated rings. The van der Waals surface area contributed by atoms with E-state index in [1.54, 1.807) is 18.4 Å². The molecule has 1 aromatic rings. The van der Waals surface area contributed by atoms with Gasteiger partial charge < -0.3 is 15.8 Å². The molecule has 0 aromatic carbocycles. The lowest BCUT2D eigenvalue weighted by Gasteiger charge is -2.24. The number of amides is 1. The molecule has 5 nitrogen and oxygen atoms in total. The third-order valence-electron chi connectivity index (χ3n) is 3.06. The van der Waals surface area contributed by atoms with E-state index in [4.69, 9.17) is 5.73 Å². The Morgan fingerprint density at radius 3 is 2.72 bits per heavy atom. The van der Waals surface area contributed by atoms with Gasteiger partial charge in [0.1, 0.15) is 4.88 Å². The largest absolute Gasteiger partial charge is 0.465 e. The summed E-state index contributed by atoms with van der Waals surface area (Å²) < 4.78 is 4.65. The number of carbonyl (C=O) groups excluding carboxylic acids is 2. The van der Waals surface area contributed by atoms with Crippen LogP contribution in [-0.2, 0) is 9.53 Å². The molecule has 18 heavy (non-hydrogen) atoms. The Hall–Kier alpha value is -1.40. The van der Waals surface area contributed by atoms with Gasteiger partial charge in [0.15, 0.2) is 0 Å². The van der Waals surface area contributed by atoms with Gasteiger partial charge in [-0.2, -0.15) is 0 Å². The van der Waals surface area contributed by atoms with Crippen LogP contribution in [0.3, 0.4) is 0 Å². The van der Waals surface area contributed by atoms with Crippen molar-refractivity contribution in [2.45, 2.75) is 20.3 Å². The molecule has 1 heterocycles. The van der Waals surface area contributed by atoms with E-state index >= 15 is 0 Å². The van der Waals surface area contributed by atoms with E-state index in [0.717, 1.165) is 0 Å². The van der Waals surface area contributed by atoms with Crippen LogP contribution in [0.1, 0.15) is 29.9 Å². The molecule has 1 amide bonds. The van der Waals surface area contributed by atoms with Gasteiger partial charge in [-0.15, -0.1) is 11.3 Å². The molecule has 1 unspecified atom stereocenters. The van der Waals surface area contributed by atoms with Gasteiger partial charge in [-0.05, 0) is 24.8 Å². The number of hydrogen-bond acceptors (Lipinski definition) is 5. The zero-order valence-corrected chi connectivity index (χ0v) is 11.6. The number of esters is 1. The first-order valence-electron chi connectivity index (χ1n) is 5.65. The van der Waals surface area contributed by atoms with Crippen LogP contribution in [0.15, 0.2) is 11.4 Å². The van der Waals surface area contributed by atoms with Crippen LogP contribution in [0, 0.1) is 5.41 Å². The summed E-state index contributed by atoms with van der Waals surface area (Å²) in [6.45, 7) is 3.96. The minimum absolute atomic E-state index is 0.184. The van der Waals surface area contributed by atoms with Crippen molar-refractivity contribution in [3.05, 3.63) is 16.3 Å². The van der Waals surface area contributed by atoms with Crippen molar-refractivity contribution in [3.8, 4) is 0 Å². The van der Waals surface area contributed by atoms with Crippen LogP contribution >= 0.6 is 11.3 Å². The molecule has 0 bridgehead atoms. The minimum Gasteiger partial charge on any atom is -0.465 e. The first kappa shape index (κ1) is 14.7. The Bertz CT molecular complexity index is 438. The highest BCUT2D eigenvalue weighted by Crippen LogP contribution is 2.27. The maximum Gasteiger partial charge on any atom is 0.350 e. The number of rotatable bonds is 5. The molecule has 0 saturated heterocycles. The molecule has 0 aliphatic rings. The second-order valence-corrected chi connectivity index (χ2v) is 5.14. The molecule has 1 rings (SSSR count). The van der Waals surface area contributed by atoms with Crippen molar-refractivity contribution >= 4 is 28.9 Å². The van der Waals surface area contributed by atoms with Crippen molar-refractivity contribution < 1.29 is 14.3 Å². The fraction of sp³-hybridized carbons (Fsp3) is 0.500. The van der Waals surface area contributed by atoms with E-state index in [1.165, 1.54) is 18.4 Å². The number of methoxy groups -OCH3 is 1. The summed E-state index contributed by atoms with van der Waals surface area (Å²) in [5.41, 5.74) is 5.47. The summed E-state index contributed by atoms with van der Waals surface area (Å²) in [4.78, 5) is 24.0. The fourth-order valence-electron chi connectivity index (χ4n) is 1.33. The van der Waals surface area contributed by atoms with E-state index in [9.17, 15) is 9.59 Å². The first-order valence-corrected chi connectivity index (χ1v) is 6.53. The van der Waals surface area contributed by atoms with Crippen LogP contribution in [-0.4, -0.2) is 25.5 Å². The van der Waals surface area contributed by atoms with Gasteiger partial charge in [0.2, 0.25) is 5.91 Å². The van der Waals surface area contributed by atoms with Crippen LogP contribution < -0.4 is 11.1 Å². The lowest BCUT2D eigenvalue weighted by atomic mass is 9.86. The number of ether oxygens (including phenoxy) is 1. The molecule has 3 N–H and O–H groups in total. The van der Waals surface area contributed by atoms with Gasteiger partial charge in [-0.3, -0.25) is 4.79 Å². The summed E-state index contributed by atoms with van der Waals surface area (Å²) in [6, 6.07) is 1.68. The van der Waals surface area contributed by atoms with Crippen LogP contribution in [0.5, 0.6) is 0 Å². The van der Waals surface area contributed by atoms with Crippen molar-refractivity contribution in [3.63, 3.8) is 0 Å². The molecule has 6 heteroatoms. The van der Waals surface area contributed by atoms with Crippen molar-refractivity contribution in [1.29, 1.82) is 0 Å². The smallest absolute Gasteiger partial charge is 0.350 e. The van der Waals surface area contributed by atoms with E-state index < -0.39 is 11.4 Å². The van der Waals surface area contributed by atoms with Gasteiger partial charge in [0, 0.05) is 6.54 Å². The average molecular weight is 270 g/mol. The van der Waals surface area contributed by atoms with Crippen LogP contribution in [0.2, 0.25) is 0 Å². The van der Waals surface area contributed by atoms with Gasteiger partial charge in [0.25, 0.3) is 0 Å². The predicted octanol–water partition coefficient (Wildman–Crippen LogP) is 1.85. The van der Waals surface area contributed by atoms with E-state index in [-0.39, 0.29) is 12.5 Å². The Morgan fingerprint density at radius 2 is 2.22 bits per heavy atom. The molecular weight excluding hydrogens is 252 g/mol. The van der Waals surface area contributed by atoms with Crippen molar-refractivity contribution in [2.24, 2.45) is 11.1 Å². The number of thiophene rings is 1. The van der Waals surface area contributed by atoms with Gasteiger partial charge in [0.05, 0.1) is 18.2 Å². The second-order valence-electron chi connectivity index (χ2n) is 4.23. The third kappa shape index (κ3) is 2.88. The molecule has 0 aliphatic heterocycles. The molecule has 100 valence electrons. The highest BCUT2D eigenvalue weighted by molar-refractivity contribution is 7.12. The monoisotopic (exact) mass is 270 g/mol. The summed E-state index contributed by atoms with van der Waals surface area (Å²) in [6.07, 6.45) is 0.632. The van der Waals surface area contributed by atoms with Gasteiger partial charge in [-0.1, -0.05) is 6.92 Å². The molecular formula is C12H18N2O3S. The number of anilines is 1. The fourth-order valence-corrected chi connectivity index (χ4v) is 2.10. The molecule has 0 spiro atoms. The Labute approximate surface area is 110 Å². The standard InChI is InChI=1S/C12H18N2O3S/c1-4-12(2,7-13)11(16)14-8-5-6-18-9(8)10(15)17-3/h5-6H,4,7,13H2,1-3H3,(H,14,16). The lowest BCUT2D eigenvalue weighted by Crippen LogP contribution is -2.39. The summed E-state index contributed by atoms with van der Waals surface area (Å²) in [7, 11) is 1.31. The van der Waals surface area contributed by atoms with Gasteiger partial charge >= 0.3 is 5.97 Å². The number of nitrogens with two attached hydrogens (primary N) is 1. The minimum atomic E-state index is -0.630. The Kier molecular flexibility index (Phi) is 4.86. The topological polar surface area (TPSA) is 81.4 Å². The molecule has 0 aliphatic carbocycles. The Morgan fingerprint density at radius 1 is 1.56 bits per heavy atom. The van der Waals surface area contributed by atoms with Crippen LogP contribution in [0.25, 0.3) is 0 Å². The van der Waals surface area contributed by atoms with Gasteiger partial charge in [-0.25, -0.2) is 4.79 Å². The zero-order valence-electron chi connectivity index (χ0n) is 10.8. The van der Waals surface area contributed by atoms with Crippen molar-refractivity contribution in [1.82, 2.24) is 0 Å². The molecule has 1 atom stereocenters. The van der Waals surface area contributed by atoms with E-state index in [0.29, 0.717) is 17.0 Å². The maximum absolute atomic E-state index is 12.1. The molecule has 1 aromatic heterocycles. The van der Waals surface area contributed by atoms with E-state index in [1.807, 2.05) is 6.92 Å². The first-order chi connectivity index (χ1) is 8.48. The number of nitrogens with one attached hydrogen (secondary N) is 1. The molecule has 0 saturated carbocycles. The normalized spacial score (nSPS) is 13.8. The third-order valence-corrected chi connectivity index (χ3v) is 3.96. The summed E-state index contributed by atoms with van der Waals surface area (Å²) >= 11 is 1.23. The zero-order chi connectivity index (χ0) is 13.8. The quantitative estimate of drug-likeness (QED) is 0.800. The molecule has 0 radical (unpaired) electrons. The van der Waals surface area contributed by atoms with E-state index in [2.05, 4.69) is 10.1 Å². The summed E-state index contributed by atoms with van der Waals surface area (Å²) in [5.74, 6) is -0.637. The highest BCUT2D eigenvalue weighted by atomic mass is 32.1. The SMILES string of the molecule is CCC(C)(CN)C(=O)Nc1ccsc1C(=O)OC. The summed E-state index contributed by atoms with van der Waals surface area (Å²) in [5, 5.41) is 4.47. The van der Waals surface area contributed by atoms with Crippen molar-refractivity contribution in [2.75, 3.05) is 19.0 Å². The average Bonchev–Trinajstić information content (AvgIpc) is 2.84. The second kappa shape index (κ2) is 5.97. The lowest BCUT2D eigenvalue weighted by molar-refractivity contribution is -0.124. The maximum atomic E-state index is 12.1. The number of carbonyl (C=O) groups is 2. The van der Waals surface area contributed by atoms with Crippen LogP contribution in [0.4, 0.5) is 5.69 Å². The Balaban J connectivity index is 2.89.